The molecule has 3 nitrogen and oxygen atoms in total. The molecular weight excluding hydrogens is 174 g/mol. The first kappa shape index (κ1) is 11.0. The molecule has 1 aromatic heterocycles. The highest BCUT2D eigenvalue weighted by Gasteiger charge is 2.21. The normalized spacial score (nSPS) is 11.8. The Hall–Kier alpha value is -1.12. The van der Waals surface area contributed by atoms with Crippen LogP contribution in [0.15, 0.2) is 18.6 Å². The van der Waals surface area contributed by atoms with Gasteiger partial charge in [-0.15, -0.1) is 0 Å². The summed E-state index contributed by atoms with van der Waals surface area (Å²) in [6, 6.07) is 0. The van der Waals surface area contributed by atoms with Crippen LogP contribution in [-0.2, 0) is 0 Å². The zero-order chi connectivity index (χ0) is 10.6. The lowest BCUT2D eigenvalue weighted by atomic mass is 9.81. The summed E-state index contributed by atoms with van der Waals surface area (Å²) in [5.41, 5.74) is 0.275. The molecule has 1 heterocycles. The second-order valence-electron chi connectivity index (χ2n) is 4.59. The van der Waals surface area contributed by atoms with E-state index in [1.54, 1.807) is 18.6 Å². The van der Waals surface area contributed by atoms with E-state index < -0.39 is 0 Å². The van der Waals surface area contributed by atoms with Gasteiger partial charge in [0.1, 0.15) is 5.82 Å². The lowest BCUT2D eigenvalue weighted by molar-refractivity contribution is 0.269. The number of hydrogen-bond acceptors (Lipinski definition) is 3. The van der Waals surface area contributed by atoms with Crippen molar-refractivity contribution in [3.8, 4) is 0 Å². The van der Waals surface area contributed by atoms with E-state index >= 15 is 0 Å². The van der Waals surface area contributed by atoms with Crippen molar-refractivity contribution >= 4 is 5.82 Å². The monoisotopic (exact) mass is 193 g/mol. The highest BCUT2D eigenvalue weighted by molar-refractivity contribution is 5.30. The van der Waals surface area contributed by atoms with Gasteiger partial charge >= 0.3 is 0 Å². The van der Waals surface area contributed by atoms with Crippen molar-refractivity contribution in [3.05, 3.63) is 18.6 Å². The summed E-state index contributed by atoms with van der Waals surface area (Å²) in [6.07, 6.45) is 5.12. The van der Waals surface area contributed by atoms with Crippen molar-refractivity contribution in [1.82, 2.24) is 9.97 Å². The van der Waals surface area contributed by atoms with E-state index in [0.29, 0.717) is 5.92 Å². The first-order chi connectivity index (χ1) is 6.52. The van der Waals surface area contributed by atoms with Gasteiger partial charge in [-0.1, -0.05) is 27.7 Å². The molecule has 0 fully saturated rings. The first-order valence-corrected chi connectivity index (χ1v) is 5.02. The highest BCUT2D eigenvalue weighted by Crippen LogP contribution is 2.25. The Morgan fingerprint density at radius 2 is 2.07 bits per heavy atom. The zero-order valence-corrected chi connectivity index (χ0v) is 9.41. The van der Waals surface area contributed by atoms with Gasteiger partial charge in [-0.3, -0.25) is 4.98 Å². The third-order valence-corrected chi connectivity index (χ3v) is 2.85. The Balaban J connectivity index is 2.49. The minimum Gasteiger partial charge on any atom is -0.368 e. The molecule has 0 radical (unpaired) electrons. The summed E-state index contributed by atoms with van der Waals surface area (Å²) < 4.78 is 0. The van der Waals surface area contributed by atoms with Crippen LogP contribution >= 0.6 is 0 Å². The van der Waals surface area contributed by atoms with Gasteiger partial charge in [0.05, 0.1) is 6.20 Å². The molecule has 0 spiro atoms. The average Bonchev–Trinajstić information content (AvgIpc) is 2.16. The minimum atomic E-state index is 0.275. The number of nitrogens with zero attached hydrogens (tertiary/aromatic N) is 2. The van der Waals surface area contributed by atoms with Crippen LogP contribution in [-0.4, -0.2) is 16.5 Å². The molecule has 0 aliphatic carbocycles. The summed E-state index contributed by atoms with van der Waals surface area (Å²) in [4.78, 5) is 8.17. The van der Waals surface area contributed by atoms with Crippen LogP contribution in [0.2, 0.25) is 0 Å². The molecule has 0 aliphatic rings. The van der Waals surface area contributed by atoms with E-state index in [9.17, 15) is 0 Å². The van der Waals surface area contributed by atoms with Crippen molar-refractivity contribution < 1.29 is 0 Å². The van der Waals surface area contributed by atoms with Gasteiger partial charge in [0.25, 0.3) is 0 Å². The summed E-state index contributed by atoms with van der Waals surface area (Å²) in [6.45, 7) is 9.89. The molecule has 1 rings (SSSR count). The number of rotatable bonds is 4. The Morgan fingerprint density at radius 3 is 2.57 bits per heavy atom. The smallest absolute Gasteiger partial charge is 0.144 e. The van der Waals surface area contributed by atoms with Gasteiger partial charge < -0.3 is 5.32 Å². The summed E-state index contributed by atoms with van der Waals surface area (Å²) in [5.74, 6) is 1.49. The number of nitrogens with one attached hydrogen (secondary N) is 1. The Morgan fingerprint density at radius 1 is 1.36 bits per heavy atom. The van der Waals surface area contributed by atoms with E-state index in [0.717, 1.165) is 12.4 Å². The molecule has 0 amide bonds. The molecule has 0 saturated carbocycles. The van der Waals surface area contributed by atoms with Gasteiger partial charge in [0, 0.05) is 18.9 Å². The number of anilines is 1. The van der Waals surface area contributed by atoms with Gasteiger partial charge in [-0.25, -0.2) is 4.98 Å². The predicted octanol–water partition coefficient (Wildman–Crippen LogP) is 2.57. The fourth-order valence-electron chi connectivity index (χ4n) is 0.913. The Bertz CT molecular complexity index is 267. The van der Waals surface area contributed by atoms with Gasteiger partial charge in [0.15, 0.2) is 0 Å². The number of hydrogen-bond donors (Lipinski definition) is 1. The zero-order valence-electron chi connectivity index (χ0n) is 9.41. The van der Waals surface area contributed by atoms with E-state index in [1.807, 2.05) is 0 Å². The number of aromatic nitrogens is 2. The quantitative estimate of drug-likeness (QED) is 0.798. The third kappa shape index (κ3) is 2.98. The van der Waals surface area contributed by atoms with Crippen LogP contribution in [0.5, 0.6) is 0 Å². The highest BCUT2D eigenvalue weighted by atomic mass is 15.0. The molecule has 0 aliphatic heterocycles. The Kier molecular flexibility index (Phi) is 3.44. The molecule has 1 aromatic rings. The molecule has 78 valence electrons. The third-order valence-electron chi connectivity index (χ3n) is 2.85. The van der Waals surface area contributed by atoms with Gasteiger partial charge in [0.2, 0.25) is 0 Å². The molecular formula is C11H19N3. The van der Waals surface area contributed by atoms with Crippen LogP contribution in [0.4, 0.5) is 5.82 Å². The maximum absolute atomic E-state index is 4.17. The van der Waals surface area contributed by atoms with Crippen molar-refractivity contribution in [2.45, 2.75) is 27.7 Å². The van der Waals surface area contributed by atoms with E-state index in [4.69, 9.17) is 0 Å². The maximum Gasteiger partial charge on any atom is 0.144 e. The SMILES string of the molecule is CC(C)C(C)(C)CNc1cnccn1. The van der Waals surface area contributed by atoms with Crippen LogP contribution in [0.1, 0.15) is 27.7 Å². The van der Waals surface area contributed by atoms with E-state index in [-0.39, 0.29) is 5.41 Å². The Labute approximate surface area is 86.0 Å². The fourth-order valence-corrected chi connectivity index (χ4v) is 0.913. The van der Waals surface area contributed by atoms with Crippen molar-refractivity contribution in [2.75, 3.05) is 11.9 Å². The molecule has 0 atom stereocenters. The molecule has 0 aromatic carbocycles. The first-order valence-electron chi connectivity index (χ1n) is 5.02. The average molecular weight is 193 g/mol. The summed E-state index contributed by atoms with van der Waals surface area (Å²) in [7, 11) is 0. The predicted molar refractivity (Wildman–Crippen MR) is 59.1 cm³/mol. The maximum atomic E-state index is 4.17. The second kappa shape index (κ2) is 4.40. The van der Waals surface area contributed by atoms with Crippen LogP contribution in [0.3, 0.4) is 0 Å². The molecule has 3 heteroatoms. The summed E-state index contributed by atoms with van der Waals surface area (Å²) in [5, 5.41) is 3.29. The van der Waals surface area contributed by atoms with Crippen molar-refractivity contribution in [1.29, 1.82) is 0 Å². The molecule has 0 bridgehead atoms. The van der Waals surface area contributed by atoms with Crippen LogP contribution in [0, 0.1) is 11.3 Å². The van der Waals surface area contributed by atoms with E-state index in [1.165, 1.54) is 0 Å². The summed E-state index contributed by atoms with van der Waals surface area (Å²) >= 11 is 0. The van der Waals surface area contributed by atoms with Crippen molar-refractivity contribution in [2.24, 2.45) is 11.3 Å². The lowest BCUT2D eigenvalue weighted by Crippen LogP contribution is -2.28. The molecule has 14 heavy (non-hydrogen) atoms. The van der Waals surface area contributed by atoms with E-state index in [2.05, 4.69) is 43.0 Å². The minimum absolute atomic E-state index is 0.275. The molecule has 1 N–H and O–H groups in total. The molecule has 0 saturated heterocycles. The largest absolute Gasteiger partial charge is 0.368 e. The molecule has 0 unspecified atom stereocenters. The standard InChI is InChI=1S/C11H19N3/c1-9(2)11(3,4)8-14-10-7-12-5-6-13-10/h5-7,9H,8H2,1-4H3,(H,13,14). The topological polar surface area (TPSA) is 37.8 Å². The fraction of sp³-hybridized carbons (Fsp3) is 0.636. The van der Waals surface area contributed by atoms with Crippen molar-refractivity contribution in [3.63, 3.8) is 0 Å². The van der Waals surface area contributed by atoms with Gasteiger partial charge in [-0.2, -0.15) is 0 Å². The van der Waals surface area contributed by atoms with Crippen LogP contribution < -0.4 is 5.32 Å². The second-order valence-corrected chi connectivity index (χ2v) is 4.59. The van der Waals surface area contributed by atoms with Crippen LogP contribution in [0.25, 0.3) is 0 Å². The lowest BCUT2D eigenvalue weighted by Gasteiger charge is -2.29. The van der Waals surface area contributed by atoms with Gasteiger partial charge in [-0.05, 0) is 11.3 Å².